The van der Waals surface area contributed by atoms with Crippen LogP contribution in [0.2, 0.25) is 0 Å². The molecule has 0 amide bonds. The lowest BCUT2D eigenvalue weighted by Gasteiger charge is -2.63. The highest BCUT2D eigenvalue weighted by atomic mass is 16.5. The van der Waals surface area contributed by atoms with Crippen molar-refractivity contribution in [3.05, 3.63) is 71.8 Å². The third kappa shape index (κ3) is 3.03. The number of fused-ring (bicyclic) bond motifs is 1. The fourth-order valence-electron chi connectivity index (χ4n) is 7.46. The van der Waals surface area contributed by atoms with Crippen LogP contribution in [-0.2, 0) is 16.7 Å². The minimum absolute atomic E-state index is 0.0119. The molecule has 2 heterocycles. The Morgan fingerprint density at radius 3 is 2.79 bits per heavy atom. The van der Waals surface area contributed by atoms with Gasteiger partial charge in [0.05, 0.1) is 7.11 Å². The molecule has 6 rings (SSSR count). The Morgan fingerprint density at radius 2 is 1.97 bits per heavy atom. The Hall–Kier alpha value is -2.30. The molecule has 5 atom stereocenters. The van der Waals surface area contributed by atoms with Crippen molar-refractivity contribution in [2.45, 2.75) is 56.2 Å². The molecule has 1 spiro atoms. The van der Waals surface area contributed by atoms with E-state index in [4.69, 9.17) is 14.2 Å². The first kappa shape index (κ1) is 21.2. The number of rotatable bonds is 7. The summed E-state index contributed by atoms with van der Waals surface area (Å²) in [5.74, 6) is 2.84. The van der Waals surface area contributed by atoms with Gasteiger partial charge in [-0.15, -0.1) is 0 Å². The molecule has 1 saturated heterocycles. The normalized spacial score (nSPS) is 33.8. The van der Waals surface area contributed by atoms with Crippen molar-refractivity contribution in [3.63, 3.8) is 0 Å². The number of likely N-dealkylation sites (tertiary alicyclic amines) is 1. The van der Waals surface area contributed by atoms with E-state index in [9.17, 15) is 0 Å². The van der Waals surface area contributed by atoms with Gasteiger partial charge in [0, 0.05) is 43.3 Å². The Kier molecular flexibility index (Phi) is 5.26. The highest BCUT2D eigenvalue weighted by Gasteiger charge is 2.70. The average molecular weight is 446 g/mol. The lowest BCUT2D eigenvalue weighted by Crippen LogP contribution is -2.70. The first-order valence-corrected chi connectivity index (χ1v) is 12.6. The molecule has 2 aliphatic heterocycles. The van der Waals surface area contributed by atoms with Crippen LogP contribution in [0.1, 0.15) is 43.7 Å². The summed E-state index contributed by atoms with van der Waals surface area (Å²) in [4.78, 5) is 2.70. The first-order valence-electron chi connectivity index (χ1n) is 12.6. The predicted molar refractivity (Wildman–Crippen MR) is 130 cm³/mol. The third-order valence-electron chi connectivity index (χ3n) is 8.74. The maximum absolute atomic E-state index is 6.92. The molecule has 174 valence electrons. The number of methoxy groups -OCH3 is 1. The molecule has 0 N–H and O–H groups in total. The van der Waals surface area contributed by atoms with E-state index < -0.39 is 0 Å². The summed E-state index contributed by atoms with van der Waals surface area (Å²) in [7, 11) is 1.75. The average Bonchev–Trinajstić information content (AvgIpc) is 3.14. The van der Waals surface area contributed by atoms with E-state index in [1.807, 2.05) is 6.07 Å². The number of para-hydroxylation sites is 1. The predicted octanol–water partition coefficient (Wildman–Crippen LogP) is 5.36. The minimum Gasteiger partial charge on any atom is -0.493 e. The molecule has 0 aromatic heterocycles. The second-order valence-electron chi connectivity index (χ2n) is 10.3. The quantitative estimate of drug-likeness (QED) is 0.424. The summed E-state index contributed by atoms with van der Waals surface area (Å²) < 4.78 is 18.9. The summed E-state index contributed by atoms with van der Waals surface area (Å²) in [5.41, 5.74) is 2.48. The van der Waals surface area contributed by atoms with E-state index in [1.54, 1.807) is 7.11 Å². The fourth-order valence-corrected chi connectivity index (χ4v) is 7.46. The van der Waals surface area contributed by atoms with Gasteiger partial charge in [0.25, 0.3) is 0 Å². The zero-order valence-electron chi connectivity index (χ0n) is 19.8. The number of benzene rings is 2. The van der Waals surface area contributed by atoms with Crippen LogP contribution in [0.3, 0.4) is 0 Å². The van der Waals surface area contributed by atoms with E-state index in [-0.39, 0.29) is 11.0 Å². The van der Waals surface area contributed by atoms with Gasteiger partial charge in [0.1, 0.15) is 5.60 Å². The summed E-state index contributed by atoms with van der Waals surface area (Å²) in [6, 6.07) is 17.8. The Morgan fingerprint density at radius 1 is 1.09 bits per heavy atom. The maximum Gasteiger partial charge on any atom is 0.166 e. The molecular formula is C29H35NO3. The Balaban J connectivity index is 1.44. The molecule has 2 fully saturated rings. The van der Waals surface area contributed by atoms with Crippen LogP contribution >= 0.6 is 0 Å². The van der Waals surface area contributed by atoms with Crippen LogP contribution in [0.4, 0.5) is 0 Å². The van der Waals surface area contributed by atoms with Crippen LogP contribution in [0.25, 0.3) is 0 Å². The van der Waals surface area contributed by atoms with Crippen LogP contribution < -0.4 is 9.47 Å². The first-order chi connectivity index (χ1) is 16.2. The number of piperidine rings is 1. The summed E-state index contributed by atoms with van der Waals surface area (Å²) in [6.45, 7) is 5.95. The Bertz CT molecular complexity index is 1040. The molecule has 2 aliphatic carbocycles. The number of ether oxygens (including phenoxy) is 3. The fraction of sp³-hybridized carbons (Fsp3) is 0.517. The maximum atomic E-state index is 6.92. The molecule has 5 unspecified atom stereocenters. The highest BCUT2D eigenvalue weighted by molar-refractivity contribution is 5.60. The van der Waals surface area contributed by atoms with E-state index in [1.165, 1.54) is 11.1 Å². The van der Waals surface area contributed by atoms with Crippen molar-refractivity contribution in [2.24, 2.45) is 11.8 Å². The van der Waals surface area contributed by atoms with Crippen LogP contribution in [0.5, 0.6) is 11.5 Å². The van der Waals surface area contributed by atoms with Crippen molar-refractivity contribution >= 4 is 0 Å². The standard InChI is InChI=1S/C29H35NO3/c1-3-18-32-20-22-12-14-28-15-13-24-26(22)29(28,23-10-7-11-25(31-2)27(23)33-28)16-17-30(24)19-21-8-5-4-6-9-21/h4-11,13,15,22,24,26H,3,12,14,16-20H2,1-2H3. The smallest absolute Gasteiger partial charge is 0.166 e. The monoisotopic (exact) mass is 445 g/mol. The van der Waals surface area contributed by atoms with Crippen molar-refractivity contribution in [1.82, 2.24) is 4.90 Å². The molecule has 4 nitrogen and oxygen atoms in total. The lowest BCUT2D eigenvalue weighted by atomic mass is 9.46. The van der Waals surface area contributed by atoms with E-state index in [2.05, 4.69) is 66.4 Å². The number of hydrogen-bond donors (Lipinski definition) is 0. The zero-order chi connectivity index (χ0) is 22.5. The molecule has 4 heteroatoms. The Labute approximate surface area is 197 Å². The largest absolute Gasteiger partial charge is 0.493 e. The van der Waals surface area contributed by atoms with Gasteiger partial charge in [-0.05, 0) is 55.2 Å². The highest BCUT2D eigenvalue weighted by Crippen LogP contribution is 2.68. The van der Waals surface area contributed by atoms with Gasteiger partial charge in [-0.2, -0.15) is 0 Å². The SMILES string of the molecule is CCCOCC1CCC23C=CC4C1C2(CCN4Cc1ccccc1)c1cccc(OC)c1O3. The second-order valence-corrected chi connectivity index (χ2v) is 10.3. The topological polar surface area (TPSA) is 30.9 Å². The molecule has 2 aromatic rings. The van der Waals surface area contributed by atoms with Crippen molar-refractivity contribution in [1.29, 1.82) is 0 Å². The van der Waals surface area contributed by atoms with Crippen LogP contribution in [-0.4, -0.2) is 43.4 Å². The van der Waals surface area contributed by atoms with Gasteiger partial charge in [-0.1, -0.05) is 55.5 Å². The molecule has 33 heavy (non-hydrogen) atoms. The van der Waals surface area contributed by atoms with Gasteiger partial charge in [0.15, 0.2) is 11.5 Å². The molecule has 4 aliphatic rings. The summed E-state index contributed by atoms with van der Waals surface area (Å²) in [6.07, 6.45) is 9.26. The lowest BCUT2D eigenvalue weighted by molar-refractivity contribution is -0.122. The molecule has 2 aromatic carbocycles. The summed E-state index contributed by atoms with van der Waals surface area (Å²) >= 11 is 0. The molecular weight excluding hydrogens is 410 g/mol. The number of hydrogen-bond acceptors (Lipinski definition) is 4. The van der Waals surface area contributed by atoms with E-state index in [0.717, 1.165) is 63.5 Å². The van der Waals surface area contributed by atoms with Crippen LogP contribution in [0.15, 0.2) is 60.7 Å². The van der Waals surface area contributed by atoms with Crippen molar-refractivity contribution in [3.8, 4) is 11.5 Å². The molecule has 1 saturated carbocycles. The second kappa shape index (κ2) is 8.18. The molecule has 4 bridgehead atoms. The van der Waals surface area contributed by atoms with E-state index >= 15 is 0 Å². The molecule has 0 radical (unpaired) electrons. The summed E-state index contributed by atoms with van der Waals surface area (Å²) in [5, 5.41) is 0. The number of nitrogens with zero attached hydrogens (tertiary/aromatic N) is 1. The van der Waals surface area contributed by atoms with E-state index in [0.29, 0.717) is 17.9 Å². The van der Waals surface area contributed by atoms with Gasteiger partial charge in [-0.3, -0.25) is 4.90 Å². The zero-order valence-corrected chi connectivity index (χ0v) is 19.8. The van der Waals surface area contributed by atoms with Gasteiger partial charge >= 0.3 is 0 Å². The van der Waals surface area contributed by atoms with Gasteiger partial charge in [0.2, 0.25) is 0 Å². The van der Waals surface area contributed by atoms with Crippen molar-refractivity contribution in [2.75, 3.05) is 26.9 Å². The van der Waals surface area contributed by atoms with Crippen molar-refractivity contribution < 1.29 is 14.2 Å². The van der Waals surface area contributed by atoms with Gasteiger partial charge in [-0.25, -0.2) is 0 Å². The minimum atomic E-state index is -0.259. The third-order valence-corrected chi connectivity index (χ3v) is 8.74. The van der Waals surface area contributed by atoms with Gasteiger partial charge < -0.3 is 14.2 Å². The van der Waals surface area contributed by atoms with Crippen LogP contribution in [0, 0.1) is 11.8 Å².